The number of hydrogen-bond donors (Lipinski definition) is 0. The molecule has 0 saturated heterocycles. The monoisotopic (exact) mass is 175 g/mol. The first-order valence-corrected chi connectivity index (χ1v) is 3.89. The van der Waals surface area contributed by atoms with Crippen LogP contribution in [0, 0.1) is 0 Å². The van der Waals surface area contributed by atoms with Gasteiger partial charge >= 0.3 is 0 Å². The maximum absolute atomic E-state index is 8.55. The van der Waals surface area contributed by atoms with E-state index in [0.717, 1.165) is 0 Å². The summed E-state index contributed by atoms with van der Waals surface area (Å²) in [6, 6.07) is 1.78. The second kappa shape index (κ2) is 4.92. The van der Waals surface area contributed by atoms with Crippen LogP contribution in [0.25, 0.3) is 0 Å². The third-order valence-electron chi connectivity index (χ3n) is 0.478. The summed E-state index contributed by atoms with van der Waals surface area (Å²) in [5.74, 6) is 0. The van der Waals surface area contributed by atoms with Crippen LogP contribution in [0.2, 0.25) is 0 Å². The number of rotatable bonds is 0. The predicted octanol–water partition coefficient (Wildman–Crippen LogP) is -2.35. The highest BCUT2D eigenvalue weighted by Gasteiger charge is 1.59. The van der Waals surface area contributed by atoms with Crippen molar-refractivity contribution in [3.8, 4) is 0 Å². The van der Waals surface area contributed by atoms with Gasteiger partial charge in [-0.05, 0) is 6.07 Å². The molecule has 0 spiro atoms. The molecule has 1 rings (SSSR count). The second-order valence-corrected chi connectivity index (χ2v) is 2.25. The van der Waals surface area contributed by atoms with Crippen molar-refractivity contribution in [1.82, 2.24) is 9.97 Å². The first kappa shape index (κ1) is 10.2. The minimum atomic E-state index is -5.39. The SMILES string of the molecule is O=P([O-])([O-])[O-].c1cncnc1. The van der Waals surface area contributed by atoms with E-state index in [1.54, 1.807) is 18.5 Å². The Bertz CT molecular complexity index is 188. The Morgan fingerprint density at radius 1 is 1.09 bits per heavy atom. The zero-order valence-electron chi connectivity index (χ0n) is 5.28. The van der Waals surface area contributed by atoms with Gasteiger partial charge in [0.15, 0.2) is 0 Å². The minimum Gasteiger partial charge on any atom is -0.822 e. The molecule has 0 atom stereocenters. The fourth-order valence-electron chi connectivity index (χ4n) is 0.253. The molecule has 0 unspecified atom stereocenters. The highest BCUT2D eigenvalue weighted by molar-refractivity contribution is 7.40. The quantitative estimate of drug-likeness (QED) is 0.408. The summed E-state index contributed by atoms with van der Waals surface area (Å²) in [7, 11) is -5.39. The summed E-state index contributed by atoms with van der Waals surface area (Å²) in [4.78, 5) is 33.0. The molecule has 0 aliphatic rings. The lowest BCUT2D eigenvalue weighted by Gasteiger charge is -2.36. The molecule has 0 bridgehead atoms. The molecule has 7 heteroatoms. The molecular formula is C4H4N2O4P-3. The van der Waals surface area contributed by atoms with Gasteiger partial charge in [-0.15, -0.1) is 0 Å². The lowest BCUT2D eigenvalue weighted by atomic mass is 10.7. The normalized spacial score (nSPS) is 9.73. The van der Waals surface area contributed by atoms with E-state index >= 15 is 0 Å². The van der Waals surface area contributed by atoms with Crippen molar-refractivity contribution in [2.45, 2.75) is 0 Å². The molecule has 1 aromatic heterocycles. The van der Waals surface area contributed by atoms with Crippen LogP contribution in [0.3, 0.4) is 0 Å². The van der Waals surface area contributed by atoms with Crippen molar-refractivity contribution >= 4 is 7.82 Å². The van der Waals surface area contributed by atoms with E-state index in [-0.39, 0.29) is 0 Å². The van der Waals surface area contributed by atoms with Crippen molar-refractivity contribution < 1.29 is 19.2 Å². The van der Waals surface area contributed by atoms with Crippen molar-refractivity contribution in [2.75, 3.05) is 0 Å². The summed E-state index contributed by atoms with van der Waals surface area (Å²) in [6.45, 7) is 0. The van der Waals surface area contributed by atoms with Gasteiger partial charge in [0.25, 0.3) is 0 Å². The third kappa shape index (κ3) is 17.6. The van der Waals surface area contributed by atoms with Crippen molar-refractivity contribution in [3.63, 3.8) is 0 Å². The Labute approximate surface area is 62.8 Å². The molecule has 0 aliphatic carbocycles. The molecule has 0 fully saturated rings. The predicted molar refractivity (Wildman–Crippen MR) is 29.6 cm³/mol. The Balaban J connectivity index is 0.000000187. The van der Waals surface area contributed by atoms with Gasteiger partial charge in [0.05, 0.1) is 0 Å². The maximum atomic E-state index is 8.55. The molecule has 1 aromatic rings. The molecule has 1 heterocycles. The van der Waals surface area contributed by atoms with Crippen molar-refractivity contribution in [3.05, 3.63) is 24.8 Å². The topological polar surface area (TPSA) is 112 Å². The first-order chi connectivity index (χ1) is 5.00. The average Bonchev–Trinajstić information content (AvgIpc) is 1.88. The van der Waals surface area contributed by atoms with Crippen LogP contribution in [-0.4, -0.2) is 9.97 Å². The minimum absolute atomic E-state index is 1.50. The maximum Gasteiger partial charge on any atom is 0.115 e. The van der Waals surface area contributed by atoms with Crippen LogP contribution in [0.4, 0.5) is 0 Å². The van der Waals surface area contributed by atoms with Gasteiger partial charge in [-0.1, -0.05) is 0 Å². The Hall–Kier alpha value is -0.810. The van der Waals surface area contributed by atoms with Crippen LogP contribution in [0.15, 0.2) is 24.8 Å². The standard InChI is InChI=1S/C4H4N2.H3O4P/c1-2-5-4-6-3-1;1-5(2,3)4/h1-4H;(H3,1,2,3,4)/p-3. The smallest absolute Gasteiger partial charge is 0.115 e. The Morgan fingerprint density at radius 3 is 1.55 bits per heavy atom. The van der Waals surface area contributed by atoms with E-state index in [9.17, 15) is 0 Å². The molecule has 0 aromatic carbocycles. The van der Waals surface area contributed by atoms with Crippen LogP contribution in [0.5, 0.6) is 0 Å². The van der Waals surface area contributed by atoms with Gasteiger partial charge in [0.2, 0.25) is 0 Å². The summed E-state index contributed by atoms with van der Waals surface area (Å²) in [6.07, 6.45) is 4.88. The number of hydrogen-bond acceptors (Lipinski definition) is 6. The number of phosphoric acid groups is 1. The van der Waals surface area contributed by atoms with Gasteiger partial charge in [-0.3, -0.25) is 0 Å². The van der Waals surface area contributed by atoms with Gasteiger partial charge < -0.3 is 19.2 Å². The fraction of sp³-hybridized carbons (Fsp3) is 0. The molecule has 11 heavy (non-hydrogen) atoms. The van der Waals surface area contributed by atoms with Crippen LogP contribution >= 0.6 is 7.82 Å². The van der Waals surface area contributed by atoms with Crippen molar-refractivity contribution in [1.29, 1.82) is 0 Å². The summed E-state index contributed by atoms with van der Waals surface area (Å²) < 4.78 is 8.55. The highest BCUT2D eigenvalue weighted by Crippen LogP contribution is 2.03. The lowest BCUT2D eigenvalue weighted by molar-refractivity contribution is -0.432. The molecule has 6 nitrogen and oxygen atoms in total. The molecule has 0 radical (unpaired) electrons. The van der Waals surface area contributed by atoms with Gasteiger partial charge in [-0.25, -0.2) is 9.97 Å². The van der Waals surface area contributed by atoms with E-state index in [1.807, 2.05) is 0 Å². The zero-order chi connectivity index (χ0) is 8.74. The van der Waals surface area contributed by atoms with E-state index < -0.39 is 7.82 Å². The third-order valence-corrected chi connectivity index (χ3v) is 0.478. The number of aromatic nitrogens is 2. The van der Waals surface area contributed by atoms with E-state index in [2.05, 4.69) is 9.97 Å². The second-order valence-electron chi connectivity index (χ2n) is 1.35. The zero-order valence-corrected chi connectivity index (χ0v) is 6.18. The fourth-order valence-corrected chi connectivity index (χ4v) is 0.253. The largest absolute Gasteiger partial charge is 0.822 e. The van der Waals surface area contributed by atoms with E-state index in [1.165, 1.54) is 6.33 Å². The summed E-state index contributed by atoms with van der Waals surface area (Å²) in [5, 5.41) is 0. The molecular weight excluding hydrogens is 171 g/mol. The molecule has 0 saturated carbocycles. The van der Waals surface area contributed by atoms with Crippen LogP contribution in [-0.2, 0) is 4.57 Å². The van der Waals surface area contributed by atoms with Gasteiger partial charge in [-0.2, -0.15) is 7.82 Å². The Morgan fingerprint density at radius 2 is 1.45 bits per heavy atom. The van der Waals surface area contributed by atoms with Gasteiger partial charge in [0, 0.05) is 12.4 Å². The average molecular weight is 175 g/mol. The van der Waals surface area contributed by atoms with E-state index in [4.69, 9.17) is 19.2 Å². The first-order valence-electron chi connectivity index (χ1n) is 2.43. The molecule has 0 N–H and O–H groups in total. The van der Waals surface area contributed by atoms with E-state index in [0.29, 0.717) is 0 Å². The van der Waals surface area contributed by atoms with Crippen LogP contribution < -0.4 is 14.7 Å². The molecule has 0 amide bonds. The summed E-state index contributed by atoms with van der Waals surface area (Å²) in [5.41, 5.74) is 0. The van der Waals surface area contributed by atoms with Gasteiger partial charge in [0.1, 0.15) is 6.33 Å². The van der Waals surface area contributed by atoms with Crippen molar-refractivity contribution in [2.24, 2.45) is 0 Å². The highest BCUT2D eigenvalue weighted by atomic mass is 31.2. The lowest BCUT2D eigenvalue weighted by Crippen LogP contribution is -2.24. The number of nitrogens with zero attached hydrogens (tertiary/aromatic N) is 2. The Kier molecular flexibility index (Phi) is 4.56. The van der Waals surface area contributed by atoms with Crippen LogP contribution in [0.1, 0.15) is 0 Å². The molecule has 62 valence electrons. The molecule has 0 aliphatic heterocycles. The summed E-state index contributed by atoms with van der Waals surface area (Å²) >= 11 is 0.